The monoisotopic (exact) mass is 365 g/mol. The second-order valence-corrected chi connectivity index (χ2v) is 5.62. The van der Waals surface area contributed by atoms with Crippen molar-refractivity contribution in [1.82, 2.24) is 5.32 Å². The molecule has 2 rings (SSSR count). The molecule has 0 bridgehead atoms. The molecule has 0 aliphatic carbocycles. The van der Waals surface area contributed by atoms with Crippen LogP contribution in [0.4, 0.5) is 13.2 Å². The van der Waals surface area contributed by atoms with Crippen LogP contribution in [0.2, 0.25) is 0 Å². The summed E-state index contributed by atoms with van der Waals surface area (Å²) >= 11 is 0. The highest BCUT2D eigenvalue weighted by atomic mass is 19.4. The first-order valence-electron chi connectivity index (χ1n) is 7.97. The van der Waals surface area contributed by atoms with Gasteiger partial charge in [-0.15, -0.1) is 0 Å². The van der Waals surface area contributed by atoms with Crippen LogP contribution in [0.15, 0.2) is 54.6 Å². The van der Waals surface area contributed by atoms with E-state index in [1.54, 1.807) is 0 Å². The highest BCUT2D eigenvalue weighted by Gasteiger charge is 2.30. The second kappa shape index (κ2) is 9.03. The number of carbonyl (C=O) groups is 2. The Morgan fingerprint density at radius 1 is 0.962 bits per heavy atom. The van der Waals surface area contributed by atoms with Crippen LogP contribution in [0.5, 0.6) is 0 Å². The van der Waals surface area contributed by atoms with Gasteiger partial charge in [0.25, 0.3) is 5.91 Å². The van der Waals surface area contributed by atoms with E-state index in [0.29, 0.717) is 13.0 Å². The summed E-state index contributed by atoms with van der Waals surface area (Å²) in [4.78, 5) is 23.3. The van der Waals surface area contributed by atoms with Gasteiger partial charge in [0, 0.05) is 6.54 Å². The minimum Gasteiger partial charge on any atom is -0.455 e. The first-order chi connectivity index (χ1) is 12.3. The molecule has 0 saturated heterocycles. The fourth-order valence-corrected chi connectivity index (χ4v) is 2.26. The minimum atomic E-state index is -4.47. The average Bonchev–Trinajstić information content (AvgIpc) is 2.60. The van der Waals surface area contributed by atoms with Crippen LogP contribution in [0, 0.1) is 0 Å². The summed E-state index contributed by atoms with van der Waals surface area (Å²) in [6.07, 6.45) is -4.16. The van der Waals surface area contributed by atoms with Crippen LogP contribution in [0.25, 0.3) is 0 Å². The molecule has 1 amide bonds. The maximum absolute atomic E-state index is 12.6. The Morgan fingerprint density at radius 2 is 1.65 bits per heavy atom. The normalized spacial score (nSPS) is 11.0. The number of halogens is 3. The smallest absolute Gasteiger partial charge is 0.416 e. The lowest BCUT2D eigenvalue weighted by atomic mass is 10.1. The van der Waals surface area contributed by atoms with E-state index in [1.807, 2.05) is 30.3 Å². The summed E-state index contributed by atoms with van der Waals surface area (Å²) in [5.74, 6) is -1.22. The van der Waals surface area contributed by atoms with Crippen LogP contribution in [-0.4, -0.2) is 25.0 Å². The molecule has 138 valence electrons. The van der Waals surface area contributed by atoms with Crippen LogP contribution in [0.1, 0.15) is 16.7 Å². The van der Waals surface area contributed by atoms with Gasteiger partial charge in [-0.25, -0.2) is 0 Å². The van der Waals surface area contributed by atoms with Crippen molar-refractivity contribution in [1.29, 1.82) is 0 Å². The SMILES string of the molecule is O=C(COC(=O)Cc1cccc(C(F)(F)F)c1)NCCc1ccccc1. The molecule has 0 unspecified atom stereocenters. The zero-order valence-corrected chi connectivity index (χ0v) is 13.9. The molecule has 0 spiro atoms. The zero-order chi connectivity index (χ0) is 19.0. The Hall–Kier alpha value is -2.83. The van der Waals surface area contributed by atoms with Crippen LogP contribution in [-0.2, 0) is 33.3 Å². The third kappa shape index (κ3) is 6.58. The van der Waals surface area contributed by atoms with Gasteiger partial charge in [0.15, 0.2) is 6.61 Å². The molecule has 1 N–H and O–H groups in total. The number of carbonyl (C=O) groups excluding carboxylic acids is 2. The molecule has 0 atom stereocenters. The standard InChI is InChI=1S/C19H18F3NO3/c20-19(21,22)16-8-4-7-15(11-16)12-18(25)26-13-17(24)23-10-9-14-5-2-1-3-6-14/h1-8,11H,9-10,12-13H2,(H,23,24). The van der Waals surface area contributed by atoms with Crippen molar-refractivity contribution >= 4 is 11.9 Å². The number of amides is 1. The largest absolute Gasteiger partial charge is 0.455 e. The molecule has 2 aromatic rings. The molecule has 0 saturated carbocycles. The summed E-state index contributed by atoms with van der Waals surface area (Å²) in [6.45, 7) is -0.0688. The topological polar surface area (TPSA) is 55.4 Å². The molecule has 0 aliphatic rings. The summed E-state index contributed by atoms with van der Waals surface area (Å²) in [5.41, 5.74) is 0.408. The van der Waals surface area contributed by atoms with Gasteiger partial charge in [0.05, 0.1) is 12.0 Å². The summed E-state index contributed by atoms with van der Waals surface area (Å²) in [7, 11) is 0. The van der Waals surface area contributed by atoms with Crippen LogP contribution >= 0.6 is 0 Å². The van der Waals surface area contributed by atoms with Crippen molar-refractivity contribution in [3.05, 3.63) is 71.3 Å². The third-order valence-electron chi connectivity index (χ3n) is 3.55. The van der Waals surface area contributed by atoms with Crippen molar-refractivity contribution in [2.24, 2.45) is 0 Å². The molecule has 7 heteroatoms. The highest BCUT2D eigenvalue weighted by molar-refractivity contribution is 5.81. The predicted octanol–water partition coefficient (Wildman–Crippen LogP) is 3.15. The van der Waals surface area contributed by atoms with Gasteiger partial charge in [0.1, 0.15) is 0 Å². The maximum atomic E-state index is 12.6. The van der Waals surface area contributed by atoms with Crippen molar-refractivity contribution < 1.29 is 27.5 Å². The van der Waals surface area contributed by atoms with Gasteiger partial charge >= 0.3 is 12.1 Å². The molecule has 0 aliphatic heterocycles. The molecular weight excluding hydrogens is 347 g/mol. The molecule has 26 heavy (non-hydrogen) atoms. The third-order valence-corrected chi connectivity index (χ3v) is 3.55. The highest BCUT2D eigenvalue weighted by Crippen LogP contribution is 2.29. The minimum absolute atomic E-state index is 0.175. The number of hydrogen-bond donors (Lipinski definition) is 1. The van der Waals surface area contributed by atoms with E-state index in [4.69, 9.17) is 4.74 Å². The summed E-state index contributed by atoms with van der Waals surface area (Å²) < 4.78 is 42.7. The van der Waals surface area contributed by atoms with Gasteiger partial charge in [-0.05, 0) is 23.6 Å². The molecule has 4 nitrogen and oxygen atoms in total. The predicted molar refractivity (Wildman–Crippen MR) is 89.3 cm³/mol. The molecule has 0 radical (unpaired) electrons. The Morgan fingerprint density at radius 3 is 2.35 bits per heavy atom. The fourth-order valence-electron chi connectivity index (χ4n) is 2.26. The number of alkyl halides is 3. The lowest BCUT2D eigenvalue weighted by Crippen LogP contribution is -2.30. The molecular formula is C19H18F3NO3. The molecule has 0 heterocycles. The average molecular weight is 365 g/mol. The zero-order valence-electron chi connectivity index (χ0n) is 13.9. The Balaban J connectivity index is 1.72. The maximum Gasteiger partial charge on any atom is 0.416 e. The van der Waals surface area contributed by atoms with Crippen molar-refractivity contribution in [2.75, 3.05) is 13.2 Å². The van der Waals surface area contributed by atoms with Crippen molar-refractivity contribution in [2.45, 2.75) is 19.0 Å². The van der Waals surface area contributed by atoms with Crippen molar-refractivity contribution in [3.8, 4) is 0 Å². The van der Waals surface area contributed by atoms with E-state index in [1.165, 1.54) is 12.1 Å². The number of rotatable bonds is 7. The van der Waals surface area contributed by atoms with Gasteiger partial charge < -0.3 is 10.1 Å². The lowest BCUT2D eigenvalue weighted by Gasteiger charge is -2.09. The first-order valence-corrected chi connectivity index (χ1v) is 7.97. The van der Waals surface area contributed by atoms with Crippen molar-refractivity contribution in [3.63, 3.8) is 0 Å². The van der Waals surface area contributed by atoms with Gasteiger partial charge in [-0.1, -0.05) is 48.5 Å². The molecule has 2 aromatic carbocycles. The van der Waals surface area contributed by atoms with Crippen LogP contribution < -0.4 is 5.32 Å². The quantitative estimate of drug-likeness (QED) is 0.767. The second-order valence-electron chi connectivity index (χ2n) is 5.62. The number of esters is 1. The Bertz CT molecular complexity index is 745. The Kier molecular flexibility index (Phi) is 6.77. The van der Waals surface area contributed by atoms with E-state index in [9.17, 15) is 22.8 Å². The number of hydrogen-bond acceptors (Lipinski definition) is 3. The van der Waals surface area contributed by atoms with Gasteiger partial charge in [-0.2, -0.15) is 13.2 Å². The number of nitrogens with one attached hydrogen (secondary N) is 1. The molecule has 0 fully saturated rings. The van der Waals surface area contributed by atoms with E-state index >= 15 is 0 Å². The van der Waals surface area contributed by atoms with E-state index < -0.39 is 30.2 Å². The van der Waals surface area contributed by atoms with Crippen LogP contribution in [0.3, 0.4) is 0 Å². The fraction of sp³-hybridized carbons (Fsp3) is 0.263. The van der Waals surface area contributed by atoms with Gasteiger partial charge in [0.2, 0.25) is 0 Å². The Labute approximate surface area is 149 Å². The molecule has 0 aromatic heterocycles. The van der Waals surface area contributed by atoms with Gasteiger partial charge in [-0.3, -0.25) is 9.59 Å². The van der Waals surface area contributed by atoms with E-state index in [2.05, 4.69) is 5.32 Å². The lowest BCUT2D eigenvalue weighted by molar-refractivity contribution is -0.148. The first kappa shape index (κ1) is 19.5. The summed E-state index contributed by atoms with van der Waals surface area (Å²) in [5, 5.41) is 2.61. The van der Waals surface area contributed by atoms with E-state index in [0.717, 1.165) is 17.7 Å². The number of benzene rings is 2. The summed E-state index contributed by atoms with van der Waals surface area (Å²) in [6, 6.07) is 14.0. The van der Waals surface area contributed by atoms with E-state index in [-0.39, 0.29) is 12.0 Å². The number of ether oxygens (including phenoxy) is 1.